The van der Waals surface area contributed by atoms with E-state index >= 15 is 0 Å². The molecule has 0 spiro atoms. The van der Waals surface area contributed by atoms with Crippen LogP contribution in [0.4, 0.5) is 5.00 Å². The zero-order valence-electron chi connectivity index (χ0n) is 15.4. The van der Waals surface area contributed by atoms with E-state index in [1.807, 2.05) is 6.07 Å². The number of rotatable bonds is 4. The van der Waals surface area contributed by atoms with Gasteiger partial charge in [0.15, 0.2) is 0 Å². The lowest BCUT2D eigenvalue weighted by atomic mass is 10.0. The predicted octanol–water partition coefficient (Wildman–Crippen LogP) is 6.05. The minimum absolute atomic E-state index is 0.0209. The summed E-state index contributed by atoms with van der Waals surface area (Å²) in [7, 11) is 0. The van der Waals surface area contributed by atoms with Crippen LogP contribution in [-0.4, -0.2) is 22.8 Å². The first kappa shape index (κ1) is 20.1. The number of thiophene rings is 1. The molecule has 0 radical (unpaired) electrons. The SMILES string of the molecule is N#Cc1c(/N=C\c2cc(Br)cc(Cl)c2O)sc2c1CCN(Cc1ccccc1)C2. The van der Waals surface area contributed by atoms with Crippen LogP contribution < -0.4 is 0 Å². The van der Waals surface area contributed by atoms with Crippen molar-refractivity contribution in [2.75, 3.05) is 6.54 Å². The third kappa shape index (κ3) is 4.39. The average molecular weight is 487 g/mol. The number of fused-ring (bicyclic) bond motifs is 1. The molecule has 2 aromatic carbocycles. The molecule has 0 atom stereocenters. The predicted molar refractivity (Wildman–Crippen MR) is 121 cm³/mol. The maximum atomic E-state index is 10.2. The largest absolute Gasteiger partial charge is 0.506 e. The standard InChI is InChI=1S/C22H17BrClN3OS/c23-16-8-15(21(28)19(24)9-16)11-26-22-18(10-25)17-6-7-27(13-20(17)29-22)12-14-4-2-1-3-5-14/h1-5,8-9,11,28H,6-7,12-13H2/b26-11-. The monoisotopic (exact) mass is 485 g/mol. The highest BCUT2D eigenvalue weighted by atomic mass is 79.9. The van der Waals surface area contributed by atoms with Crippen molar-refractivity contribution in [3.63, 3.8) is 0 Å². The minimum atomic E-state index is -0.0209. The van der Waals surface area contributed by atoms with E-state index in [1.165, 1.54) is 10.4 Å². The number of hydrogen-bond donors (Lipinski definition) is 1. The van der Waals surface area contributed by atoms with Gasteiger partial charge in [0.2, 0.25) is 0 Å². The van der Waals surface area contributed by atoms with Gasteiger partial charge in [0.1, 0.15) is 16.8 Å². The van der Waals surface area contributed by atoms with Crippen molar-refractivity contribution < 1.29 is 5.11 Å². The third-order valence-electron chi connectivity index (χ3n) is 4.86. The van der Waals surface area contributed by atoms with Gasteiger partial charge < -0.3 is 5.11 Å². The molecule has 0 fully saturated rings. The number of benzene rings is 2. The number of nitrogens with zero attached hydrogens (tertiary/aromatic N) is 3. The van der Waals surface area contributed by atoms with Gasteiger partial charge in [-0.15, -0.1) is 11.3 Å². The highest BCUT2D eigenvalue weighted by Gasteiger charge is 2.24. The maximum absolute atomic E-state index is 10.2. The number of phenolic OH excluding ortho intramolecular Hbond substituents is 1. The molecule has 1 aromatic heterocycles. The molecule has 0 aliphatic carbocycles. The molecule has 4 rings (SSSR count). The second-order valence-corrected chi connectivity index (χ2v) is 9.23. The van der Waals surface area contributed by atoms with E-state index in [9.17, 15) is 10.4 Å². The quantitative estimate of drug-likeness (QED) is 0.457. The van der Waals surface area contributed by atoms with Gasteiger partial charge in [-0.1, -0.05) is 57.9 Å². The second kappa shape index (κ2) is 8.68. The Hall–Kier alpha value is -2.17. The molecular weight excluding hydrogens is 470 g/mol. The smallest absolute Gasteiger partial charge is 0.143 e. The number of aromatic hydroxyl groups is 1. The van der Waals surface area contributed by atoms with Crippen molar-refractivity contribution in [1.29, 1.82) is 5.26 Å². The van der Waals surface area contributed by atoms with Crippen molar-refractivity contribution in [2.45, 2.75) is 19.5 Å². The van der Waals surface area contributed by atoms with Crippen LogP contribution in [-0.2, 0) is 19.5 Å². The van der Waals surface area contributed by atoms with Gasteiger partial charge in [-0.3, -0.25) is 4.90 Å². The fraction of sp³-hybridized carbons (Fsp3) is 0.182. The lowest BCUT2D eigenvalue weighted by Gasteiger charge is -2.26. The number of nitriles is 1. The van der Waals surface area contributed by atoms with Crippen LogP contribution in [0.15, 0.2) is 51.9 Å². The fourth-order valence-corrected chi connectivity index (χ4v) is 5.46. The summed E-state index contributed by atoms with van der Waals surface area (Å²) in [5, 5.41) is 20.8. The van der Waals surface area contributed by atoms with E-state index in [-0.39, 0.29) is 10.8 Å². The first-order chi connectivity index (χ1) is 14.0. The van der Waals surface area contributed by atoms with Crippen LogP contribution in [0, 0.1) is 11.3 Å². The van der Waals surface area contributed by atoms with Crippen molar-refractivity contribution >= 4 is 50.1 Å². The molecule has 1 N–H and O–H groups in total. The van der Waals surface area contributed by atoms with Crippen LogP contribution in [0.5, 0.6) is 5.75 Å². The van der Waals surface area contributed by atoms with E-state index in [0.29, 0.717) is 16.1 Å². The third-order valence-corrected chi connectivity index (χ3v) is 6.73. The molecule has 4 nitrogen and oxygen atoms in total. The van der Waals surface area contributed by atoms with Crippen LogP contribution >= 0.6 is 38.9 Å². The molecule has 0 bridgehead atoms. The van der Waals surface area contributed by atoms with Crippen molar-refractivity contribution in [3.8, 4) is 11.8 Å². The van der Waals surface area contributed by atoms with Gasteiger partial charge in [-0.25, -0.2) is 4.99 Å². The molecular formula is C22H17BrClN3OS. The number of phenols is 1. The summed E-state index contributed by atoms with van der Waals surface area (Å²) < 4.78 is 0.754. The van der Waals surface area contributed by atoms with Gasteiger partial charge in [-0.2, -0.15) is 5.26 Å². The normalized spacial score (nSPS) is 14.1. The lowest BCUT2D eigenvalue weighted by molar-refractivity contribution is 0.249. The zero-order valence-corrected chi connectivity index (χ0v) is 18.6. The van der Waals surface area contributed by atoms with E-state index in [4.69, 9.17) is 11.6 Å². The maximum Gasteiger partial charge on any atom is 0.143 e. The van der Waals surface area contributed by atoms with Crippen molar-refractivity contribution in [1.82, 2.24) is 4.90 Å². The highest BCUT2D eigenvalue weighted by molar-refractivity contribution is 9.10. The fourth-order valence-electron chi connectivity index (χ4n) is 3.44. The number of hydrogen-bond acceptors (Lipinski definition) is 5. The number of halogens is 2. The molecule has 0 saturated heterocycles. The molecule has 29 heavy (non-hydrogen) atoms. The van der Waals surface area contributed by atoms with Crippen molar-refractivity contribution in [3.05, 3.63) is 79.1 Å². The van der Waals surface area contributed by atoms with Crippen LogP contribution in [0.25, 0.3) is 0 Å². The first-order valence-corrected chi connectivity index (χ1v) is 11.1. The van der Waals surface area contributed by atoms with Crippen LogP contribution in [0.3, 0.4) is 0 Å². The first-order valence-electron chi connectivity index (χ1n) is 9.08. The zero-order chi connectivity index (χ0) is 20.4. The van der Waals surface area contributed by atoms with Gasteiger partial charge in [0.25, 0.3) is 0 Å². The summed E-state index contributed by atoms with van der Waals surface area (Å²) in [5.41, 5.74) is 3.53. The summed E-state index contributed by atoms with van der Waals surface area (Å²) in [4.78, 5) is 8.10. The molecule has 0 saturated carbocycles. The minimum Gasteiger partial charge on any atom is -0.506 e. The molecule has 0 amide bonds. The van der Waals surface area contributed by atoms with Gasteiger partial charge in [0.05, 0.1) is 10.6 Å². The molecule has 146 valence electrons. The highest BCUT2D eigenvalue weighted by Crippen LogP contribution is 2.39. The average Bonchev–Trinajstić information content (AvgIpc) is 3.07. The summed E-state index contributed by atoms with van der Waals surface area (Å²) in [6.45, 7) is 2.62. The molecule has 7 heteroatoms. The summed E-state index contributed by atoms with van der Waals surface area (Å²) in [6, 6.07) is 16.1. The number of aliphatic imine (C=N–C) groups is 1. The summed E-state index contributed by atoms with van der Waals surface area (Å²) in [5.74, 6) is -0.0209. The summed E-state index contributed by atoms with van der Waals surface area (Å²) >= 11 is 10.9. The van der Waals surface area contributed by atoms with Gasteiger partial charge >= 0.3 is 0 Å². The Morgan fingerprint density at radius 1 is 1.31 bits per heavy atom. The second-order valence-electron chi connectivity index (χ2n) is 6.83. The summed E-state index contributed by atoms with van der Waals surface area (Å²) in [6.07, 6.45) is 2.40. The Morgan fingerprint density at radius 2 is 2.10 bits per heavy atom. The van der Waals surface area contributed by atoms with Gasteiger partial charge in [0, 0.05) is 40.8 Å². The van der Waals surface area contributed by atoms with Gasteiger partial charge in [-0.05, 0) is 29.7 Å². The van der Waals surface area contributed by atoms with Crippen LogP contribution in [0.2, 0.25) is 5.02 Å². The Balaban J connectivity index is 1.59. The molecule has 1 aliphatic heterocycles. The van der Waals surface area contributed by atoms with Crippen LogP contribution in [0.1, 0.15) is 27.1 Å². The molecule has 1 aliphatic rings. The van der Waals surface area contributed by atoms with Crippen molar-refractivity contribution in [2.24, 2.45) is 4.99 Å². The Kier molecular flexibility index (Phi) is 6.02. The van der Waals surface area contributed by atoms with E-state index in [1.54, 1.807) is 29.7 Å². The van der Waals surface area contributed by atoms with E-state index < -0.39 is 0 Å². The van der Waals surface area contributed by atoms with E-state index in [2.05, 4.69) is 56.2 Å². The Labute approximate surface area is 186 Å². The molecule has 3 aromatic rings. The lowest BCUT2D eigenvalue weighted by Crippen LogP contribution is -2.29. The topological polar surface area (TPSA) is 59.6 Å². The van der Waals surface area contributed by atoms with E-state index in [0.717, 1.165) is 36.1 Å². The molecule has 2 heterocycles. The molecule has 0 unspecified atom stereocenters. The Bertz CT molecular complexity index is 1120. The Morgan fingerprint density at radius 3 is 2.86 bits per heavy atom.